The highest BCUT2D eigenvalue weighted by Crippen LogP contribution is 2.40. The molecule has 130 valence electrons. The molecule has 0 bridgehead atoms. The molecule has 3 rings (SSSR count). The van der Waals surface area contributed by atoms with E-state index in [-0.39, 0.29) is 11.3 Å². The largest absolute Gasteiger partial charge is 0.493 e. The molecule has 0 fully saturated rings. The van der Waals surface area contributed by atoms with Gasteiger partial charge < -0.3 is 14.2 Å². The lowest BCUT2D eigenvalue weighted by Gasteiger charge is -2.15. The summed E-state index contributed by atoms with van der Waals surface area (Å²) in [6.07, 6.45) is -0.853. The Bertz CT molecular complexity index is 840. The summed E-state index contributed by atoms with van der Waals surface area (Å²) in [5.74, 6) is -0.323. The first-order chi connectivity index (χ1) is 12.1. The maximum Gasteiger partial charge on any atom is 0.344 e. The van der Waals surface area contributed by atoms with Gasteiger partial charge in [0.1, 0.15) is 5.56 Å². The Morgan fingerprint density at radius 2 is 1.92 bits per heavy atom. The molecule has 0 saturated heterocycles. The molecule has 2 aromatic carbocycles. The molecule has 2 aromatic rings. The highest BCUT2D eigenvalue weighted by molar-refractivity contribution is 6.33. The van der Waals surface area contributed by atoms with E-state index in [4.69, 9.17) is 25.8 Å². The van der Waals surface area contributed by atoms with Gasteiger partial charge in [-0.05, 0) is 24.3 Å². The van der Waals surface area contributed by atoms with Gasteiger partial charge in [0.25, 0.3) is 5.91 Å². The number of carbonyl (C=O) groups excluding carboxylic acids is 2. The van der Waals surface area contributed by atoms with E-state index in [1.807, 2.05) is 0 Å². The van der Waals surface area contributed by atoms with Gasteiger partial charge in [0.15, 0.2) is 17.7 Å². The minimum absolute atomic E-state index is 0.256. The summed E-state index contributed by atoms with van der Waals surface area (Å²) in [7, 11) is 2.91. The van der Waals surface area contributed by atoms with Crippen LogP contribution in [0.25, 0.3) is 0 Å². The lowest BCUT2D eigenvalue weighted by molar-refractivity contribution is 0.0260. The third-order valence-corrected chi connectivity index (χ3v) is 4.05. The maximum atomic E-state index is 12.2. The van der Waals surface area contributed by atoms with Crippen molar-refractivity contribution in [3.05, 3.63) is 58.1 Å². The molecule has 1 aliphatic heterocycles. The third kappa shape index (κ3) is 3.11. The molecule has 0 aliphatic carbocycles. The number of carbonyl (C=O) groups is 2. The Morgan fingerprint density at radius 3 is 2.60 bits per heavy atom. The summed E-state index contributed by atoms with van der Waals surface area (Å²) in [5.41, 5.74) is 6.26. The lowest BCUT2D eigenvalue weighted by Crippen LogP contribution is -2.40. The van der Waals surface area contributed by atoms with Crippen molar-refractivity contribution in [1.82, 2.24) is 10.9 Å². The zero-order valence-electron chi connectivity index (χ0n) is 13.5. The van der Waals surface area contributed by atoms with Crippen LogP contribution in [0.4, 0.5) is 0 Å². The lowest BCUT2D eigenvalue weighted by atomic mass is 10.1. The number of fused-ring (bicyclic) bond motifs is 1. The average molecular weight is 363 g/mol. The first-order valence-electron chi connectivity index (χ1n) is 7.33. The van der Waals surface area contributed by atoms with E-state index in [1.165, 1.54) is 14.2 Å². The first kappa shape index (κ1) is 17.1. The molecule has 1 aliphatic rings. The number of hydrogen-bond donors (Lipinski definition) is 2. The molecule has 1 heterocycles. The number of rotatable bonds is 5. The van der Waals surface area contributed by atoms with Crippen molar-refractivity contribution >= 4 is 23.5 Å². The molecular weight excluding hydrogens is 348 g/mol. The van der Waals surface area contributed by atoms with Crippen molar-refractivity contribution in [2.75, 3.05) is 14.2 Å². The summed E-state index contributed by atoms with van der Waals surface area (Å²) >= 11 is 5.99. The van der Waals surface area contributed by atoms with Crippen LogP contribution in [0.1, 0.15) is 32.5 Å². The van der Waals surface area contributed by atoms with Crippen molar-refractivity contribution in [2.45, 2.75) is 6.23 Å². The molecule has 0 saturated carbocycles. The van der Waals surface area contributed by atoms with Crippen molar-refractivity contribution in [1.29, 1.82) is 0 Å². The second-order valence-corrected chi connectivity index (χ2v) is 5.54. The summed E-state index contributed by atoms with van der Waals surface area (Å²) in [5, 5.41) is 0.317. The predicted molar refractivity (Wildman–Crippen MR) is 89.8 cm³/mol. The van der Waals surface area contributed by atoms with E-state index < -0.39 is 18.1 Å². The van der Waals surface area contributed by atoms with Crippen LogP contribution in [0.15, 0.2) is 36.4 Å². The van der Waals surface area contributed by atoms with Crippen LogP contribution in [0.5, 0.6) is 11.5 Å². The number of ether oxygens (including phenoxy) is 3. The molecule has 1 amide bonds. The highest BCUT2D eigenvalue weighted by atomic mass is 35.5. The summed E-state index contributed by atoms with van der Waals surface area (Å²) < 4.78 is 15.7. The van der Waals surface area contributed by atoms with E-state index in [0.29, 0.717) is 21.9 Å². The number of amides is 1. The summed E-state index contributed by atoms with van der Waals surface area (Å²) in [6.45, 7) is 0. The maximum absolute atomic E-state index is 12.2. The zero-order valence-corrected chi connectivity index (χ0v) is 14.2. The van der Waals surface area contributed by atoms with Crippen LogP contribution >= 0.6 is 11.6 Å². The average Bonchev–Trinajstić information content (AvgIpc) is 2.95. The number of nitrogens with one attached hydrogen (secondary N) is 2. The molecule has 25 heavy (non-hydrogen) atoms. The van der Waals surface area contributed by atoms with E-state index in [1.54, 1.807) is 36.4 Å². The van der Waals surface area contributed by atoms with Crippen molar-refractivity contribution in [3.63, 3.8) is 0 Å². The second-order valence-electron chi connectivity index (χ2n) is 5.13. The molecule has 0 spiro atoms. The van der Waals surface area contributed by atoms with E-state index in [2.05, 4.69) is 10.9 Å². The SMILES string of the molecule is COc1ccc2c(c1OC)C(=O)OC2NNC(=O)c1ccccc1Cl. The number of hydrogen-bond acceptors (Lipinski definition) is 6. The minimum atomic E-state index is -0.853. The van der Waals surface area contributed by atoms with E-state index in [0.717, 1.165) is 0 Å². The summed E-state index contributed by atoms with van der Waals surface area (Å²) in [4.78, 5) is 24.4. The van der Waals surface area contributed by atoms with E-state index in [9.17, 15) is 9.59 Å². The monoisotopic (exact) mass is 362 g/mol. The van der Waals surface area contributed by atoms with Gasteiger partial charge >= 0.3 is 5.97 Å². The van der Waals surface area contributed by atoms with Gasteiger partial charge in [0, 0.05) is 5.56 Å². The smallest absolute Gasteiger partial charge is 0.344 e. The Morgan fingerprint density at radius 1 is 1.16 bits per heavy atom. The molecule has 8 heteroatoms. The molecule has 2 N–H and O–H groups in total. The molecule has 1 atom stereocenters. The Hall–Kier alpha value is -2.77. The van der Waals surface area contributed by atoms with Crippen molar-refractivity contribution in [2.24, 2.45) is 0 Å². The minimum Gasteiger partial charge on any atom is -0.493 e. The molecule has 7 nitrogen and oxygen atoms in total. The quantitative estimate of drug-likeness (QED) is 0.627. The van der Waals surface area contributed by atoms with E-state index >= 15 is 0 Å². The Balaban J connectivity index is 1.80. The zero-order chi connectivity index (χ0) is 18.0. The number of halogens is 1. The van der Waals surface area contributed by atoms with Gasteiger partial charge in [0.2, 0.25) is 0 Å². The van der Waals surface area contributed by atoms with Gasteiger partial charge in [-0.25, -0.2) is 4.79 Å². The number of benzene rings is 2. The second kappa shape index (κ2) is 7.00. The van der Waals surface area contributed by atoms with Gasteiger partial charge in [-0.1, -0.05) is 23.7 Å². The van der Waals surface area contributed by atoms with Gasteiger partial charge in [-0.2, -0.15) is 5.43 Å². The van der Waals surface area contributed by atoms with Crippen molar-refractivity contribution in [3.8, 4) is 11.5 Å². The number of esters is 1. The number of cyclic esters (lactones) is 1. The van der Waals surface area contributed by atoms with Gasteiger partial charge in [-0.15, -0.1) is 0 Å². The van der Waals surface area contributed by atoms with Crippen molar-refractivity contribution < 1.29 is 23.8 Å². The van der Waals surface area contributed by atoms with Crippen LogP contribution < -0.4 is 20.3 Å². The predicted octanol–water partition coefficient (Wildman–Crippen LogP) is 2.46. The standard InChI is InChI=1S/C17H15ClN2O5/c1-23-12-8-7-10-13(14(12)24-2)17(22)25-16(10)20-19-15(21)9-5-3-4-6-11(9)18/h3-8,16,20H,1-2H3,(H,19,21). The fraction of sp³-hybridized carbons (Fsp3) is 0.176. The Labute approximate surface area is 148 Å². The highest BCUT2D eigenvalue weighted by Gasteiger charge is 2.36. The molecule has 1 unspecified atom stereocenters. The van der Waals surface area contributed by atoms with Crippen LogP contribution in [-0.4, -0.2) is 26.1 Å². The number of hydrazine groups is 1. The first-order valence-corrected chi connectivity index (χ1v) is 7.71. The van der Waals surface area contributed by atoms with Gasteiger partial charge in [-0.3, -0.25) is 10.2 Å². The normalized spacial score (nSPS) is 15.3. The van der Waals surface area contributed by atoms with Crippen LogP contribution in [0.2, 0.25) is 5.02 Å². The van der Waals surface area contributed by atoms with Crippen LogP contribution in [-0.2, 0) is 4.74 Å². The van der Waals surface area contributed by atoms with Gasteiger partial charge in [0.05, 0.1) is 24.8 Å². The topological polar surface area (TPSA) is 85.9 Å². The fourth-order valence-corrected chi connectivity index (χ4v) is 2.77. The molecular formula is C17H15ClN2O5. The van der Waals surface area contributed by atoms with Crippen LogP contribution in [0, 0.1) is 0 Å². The fourth-order valence-electron chi connectivity index (χ4n) is 2.55. The van der Waals surface area contributed by atoms with Crippen LogP contribution in [0.3, 0.4) is 0 Å². The Kier molecular flexibility index (Phi) is 4.78. The summed E-state index contributed by atoms with van der Waals surface area (Å²) in [6, 6.07) is 9.94. The molecule has 0 aromatic heterocycles. The molecule has 0 radical (unpaired) electrons. The third-order valence-electron chi connectivity index (χ3n) is 3.72. The number of methoxy groups -OCH3 is 2.